The summed E-state index contributed by atoms with van der Waals surface area (Å²) in [5.74, 6) is 1.08. The van der Waals surface area contributed by atoms with Crippen LogP contribution >= 0.6 is 11.3 Å². The second-order valence-corrected chi connectivity index (χ2v) is 6.89. The molecule has 1 spiro atoms. The van der Waals surface area contributed by atoms with Gasteiger partial charge in [-0.25, -0.2) is 9.97 Å². The van der Waals surface area contributed by atoms with E-state index in [1.165, 1.54) is 10.3 Å². The van der Waals surface area contributed by atoms with Gasteiger partial charge in [-0.1, -0.05) is 11.6 Å². The summed E-state index contributed by atoms with van der Waals surface area (Å²) in [6.07, 6.45) is 7.19. The fourth-order valence-electron chi connectivity index (χ4n) is 3.36. The molecular weight excluding hydrogens is 282 g/mol. The van der Waals surface area contributed by atoms with Crippen LogP contribution in [0.3, 0.4) is 0 Å². The molecule has 0 saturated carbocycles. The Kier molecular flexibility index (Phi) is 3.19. The molecule has 4 nitrogen and oxygen atoms in total. The summed E-state index contributed by atoms with van der Waals surface area (Å²) in [7, 11) is 0. The largest absolute Gasteiger partial charge is 0.370 e. The van der Waals surface area contributed by atoms with Gasteiger partial charge in [0.25, 0.3) is 0 Å². The molecule has 0 atom stereocenters. The van der Waals surface area contributed by atoms with Gasteiger partial charge < -0.3 is 9.64 Å². The van der Waals surface area contributed by atoms with Crippen LogP contribution in [0.15, 0.2) is 29.4 Å². The van der Waals surface area contributed by atoms with Crippen LogP contribution in [-0.4, -0.2) is 35.3 Å². The lowest BCUT2D eigenvalue weighted by molar-refractivity contribution is -0.0326. The molecule has 0 aromatic carbocycles. The average molecular weight is 301 g/mol. The van der Waals surface area contributed by atoms with E-state index in [4.69, 9.17) is 4.74 Å². The Balaban J connectivity index is 1.58. The second kappa shape index (κ2) is 5.07. The maximum atomic E-state index is 6.10. The molecule has 5 heteroatoms. The number of ether oxygens (including phenoxy) is 1. The topological polar surface area (TPSA) is 38.2 Å². The van der Waals surface area contributed by atoms with E-state index in [-0.39, 0.29) is 5.60 Å². The van der Waals surface area contributed by atoms with E-state index >= 15 is 0 Å². The quantitative estimate of drug-likeness (QED) is 0.757. The minimum atomic E-state index is -0.0274. The lowest BCUT2D eigenvalue weighted by Gasteiger charge is -2.42. The first-order chi connectivity index (χ1) is 10.3. The number of thiophene rings is 1. The van der Waals surface area contributed by atoms with Crippen molar-refractivity contribution in [3.8, 4) is 0 Å². The Morgan fingerprint density at radius 2 is 2.14 bits per heavy atom. The predicted molar refractivity (Wildman–Crippen MR) is 85.9 cm³/mol. The lowest BCUT2D eigenvalue weighted by Crippen LogP contribution is -2.46. The number of rotatable bonds is 1. The zero-order valence-electron chi connectivity index (χ0n) is 12.2. The summed E-state index contributed by atoms with van der Waals surface area (Å²) in [5, 5.41) is 2.09. The Labute approximate surface area is 128 Å². The number of aromatic nitrogens is 2. The molecule has 0 amide bonds. The molecule has 4 rings (SSSR count). The van der Waals surface area contributed by atoms with Crippen molar-refractivity contribution in [3.63, 3.8) is 0 Å². The van der Waals surface area contributed by atoms with Crippen molar-refractivity contribution in [2.24, 2.45) is 0 Å². The highest BCUT2D eigenvalue weighted by Gasteiger charge is 2.36. The van der Waals surface area contributed by atoms with Gasteiger partial charge in [-0.2, -0.15) is 0 Å². The molecule has 1 fully saturated rings. The van der Waals surface area contributed by atoms with Crippen LogP contribution in [0.5, 0.6) is 0 Å². The van der Waals surface area contributed by atoms with Crippen LogP contribution in [0.1, 0.15) is 26.2 Å². The molecule has 2 aliphatic rings. The smallest absolute Gasteiger partial charge is 0.150 e. The number of piperidine rings is 1. The predicted octanol–water partition coefficient (Wildman–Crippen LogP) is 3.40. The minimum Gasteiger partial charge on any atom is -0.370 e. The van der Waals surface area contributed by atoms with Crippen molar-refractivity contribution in [1.29, 1.82) is 0 Å². The van der Waals surface area contributed by atoms with E-state index in [0.29, 0.717) is 0 Å². The van der Waals surface area contributed by atoms with Gasteiger partial charge >= 0.3 is 0 Å². The molecule has 0 N–H and O–H groups in total. The molecule has 0 bridgehead atoms. The van der Waals surface area contributed by atoms with E-state index < -0.39 is 0 Å². The Hall–Kier alpha value is -1.46. The zero-order valence-corrected chi connectivity index (χ0v) is 13.0. The van der Waals surface area contributed by atoms with Gasteiger partial charge in [0.05, 0.1) is 22.4 Å². The standard InChI is InChI=1S/C16H19N3OS/c1-12-2-8-20-16(10-12)4-6-19(7-5-16)15-14-13(3-9-21-14)17-11-18-15/h3,9-11H,2,4-8H2,1H3. The zero-order chi connectivity index (χ0) is 14.3. The third-order valence-corrected chi connectivity index (χ3v) is 5.43. The van der Waals surface area contributed by atoms with Gasteiger partial charge in [0.15, 0.2) is 0 Å². The number of anilines is 1. The van der Waals surface area contributed by atoms with Crippen LogP contribution in [-0.2, 0) is 4.74 Å². The van der Waals surface area contributed by atoms with Crippen molar-refractivity contribution in [3.05, 3.63) is 29.4 Å². The highest BCUT2D eigenvalue weighted by molar-refractivity contribution is 7.17. The fourth-order valence-corrected chi connectivity index (χ4v) is 4.23. The molecule has 2 aromatic heterocycles. The third kappa shape index (κ3) is 2.34. The molecule has 110 valence electrons. The summed E-state index contributed by atoms with van der Waals surface area (Å²) >= 11 is 1.73. The van der Waals surface area contributed by atoms with Crippen molar-refractivity contribution in [2.75, 3.05) is 24.6 Å². The Morgan fingerprint density at radius 3 is 2.95 bits per heavy atom. The van der Waals surface area contributed by atoms with E-state index in [1.807, 2.05) is 0 Å². The molecular formula is C16H19N3OS. The maximum Gasteiger partial charge on any atom is 0.150 e. The van der Waals surface area contributed by atoms with Gasteiger partial charge in [0, 0.05) is 13.1 Å². The second-order valence-electron chi connectivity index (χ2n) is 5.97. The van der Waals surface area contributed by atoms with Crippen LogP contribution in [0, 0.1) is 0 Å². The van der Waals surface area contributed by atoms with Crippen molar-refractivity contribution < 1.29 is 4.74 Å². The van der Waals surface area contributed by atoms with E-state index in [2.05, 4.69) is 39.3 Å². The van der Waals surface area contributed by atoms with Gasteiger partial charge in [0.1, 0.15) is 12.1 Å². The van der Waals surface area contributed by atoms with Crippen molar-refractivity contribution >= 4 is 27.4 Å². The first kappa shape index (κ1) is 13.2. The summed E-state index contributed by atoms with van der Waals surface area (Å²) in [6, 6.07) is 2.06. The average Bonchev–Trinajstić information content (AvgIpc) is 2.96. The summed E-state index contributed by atoms with van der Waals surface area (Å²) < 4.78 is 7.30. The summed E-state index contributed by atoms with van der Waals surface area (Å²) in [5.41, 5.74) is 2.49. The summed E-state index contributed by atoms with van der Waals surface area (Å²) in [6.45, 7) is 5.07. The normalized spacial score (nSPS) is 21.8. The van der Waals surface area contributed by atoms with Crippen LogP contribution < -0.4 is 4.90 Å². The van der Waals surface area contributed by atoms with Gasteiger partial charge in [-0.05, 0) is 37.6 Å². The minimum absolute atomic E-state index is 0.0274. The SMILES string of the molecule is CC1=CC2(CCN(c3ncnc4ccsc34)CC2)OCC1. The van der Waals surface area contributed by atoms with Crippen LogP contribution in [0.4, 0.5) is 5.82 Å². The van der Waals surface area contributed by atoms with Crippen molar-refractivity contribution in [2.45, 2.75) is 31.8 Å². The number of nitrogens with zero attached hydrogens (tertiary/aromatic N) is 3. The van der Waals surface area contributed by atoms with Gasteiger partial charge in [-0.15, -0.1) is 11.3 Å². The summed E-state index contributed by atoms with van der Waals surface area (Å²) in [4.78, 5) is 11.2. The van der Waals surface area contributed by atoms with E-state index in [1.54, 1.807) is 17.7 Å². The van der Waals surface area contributed by atoms with Crippen molar-refractivity contribution in [1.82, 2.24) is 9.97 Å². The Bertz CT molecular complexity index is 686. The van der Waals surface area contributed by atoms with E-state index in [9.17, 15) is 0 Å². The van der Waals surface area contributed by atoms with Crippen LogP contribution in [0.25, 0.3) is 10.2 Å². The molecule has 2 aromatic rings. The molecule has 1 saturated heterocycles. The molecule has 0 radical (unpaired) electrons. The Morgan fingerprint density at radius 1 is 1.29 bits per heavy atom. The molecule has 0 unspecified atom stereocenters. The maximum absolute atomic E-state index is 6.10. The third-order valence-electron chi connectivity index (χ3n) is 4.53. The number of hydrogen-bond acceptors (Lipinski definition) is 5. The number of fused-ring (bicyclic) bond motifs is 1. The molecule has 2 aliphatic heterocycles. The molecule has 0 aliphatic carbocycles. The molecule has 4 heterocycles. The lowest BCUT2D eigenvalue weighted by atomic mass is 9.87. The fraction of sp³-hybridized carbons (Fsp3) is 0.500. The van der Waals surface area contributed by atoms with Gasteiger partial charge in [-0.3, -0.25) is 0 Å². The first-order valence-electron chi connectivity index (χ1n) is 7.51. The highest BCUT2D eigenvalue weighted by atomic mass is 32.1. The molecule has 21 heavy (non-hydrogen) atoms. The monoisotopic (exact) mass is 301 g/mol. The number of hydrogen-bond donors (Lipinski definition) is 0. The van der Waals surface area contributed by atoms with E-state index in [0.717, 1.165) is 50.3 Å². The van der Waals surface area contributed by atoms with Crippen LogP contribution in [0.2, 0.25) is 0 Å². The van der Waals surface area contributed by atoms with Gasteiger partial charge in [0.2, 0.25) is 0 Å². The first-order valence-corrected chi connectivity index (χ1v) is 8.39. The highest BCUT2D eigenvalue weighted by Crippen LogP contribution is 2.36.